The van der Waals surface area contributed by atoms with Gasteiger partial charge in [-0.05, 0) is 62.4 Å². The molecule has 0 aliphatic carbocycles. The molecule has 0 unspecified atom stereocenters. The van der Waals surface area contributed by atoms with E-state index in [1.165, 1.54) is 11.1 Å². The summed E-state index contributed by atoms with van der Waals surface area (Å²) in [5.41, 5.74) is 6.30. The van der Waals surface area contributed by atoms with Crippen molar-refractivity contribution in [1.82, 2.24) is 0 Å². The maximum atomic E-state index is 13.2. The van der Waals surface area contributed by atoms with E-state index < -0.39 is 0 Å². The van der Waals surface area contributed by atoms with Crippen LogP contribution in [-0.2, 0) is 6.42 Å². The molecule has 0 bridgehead atoms. The molecule has 120 valence electrons. The molecule has 1 heterocycles. The van der Waals surface area contributed by atoms with Crippen molar-refractivity contribution in [3.8, 4) is 5.75 Å². The lowest BCUT2D eigenvalue weighted by atomic mass is 9.95. The summed E-state index contributed by atoms with van der Waals surface area (Å²) in [4.78, 5) is 15.1. The summed E-state index contributed by atoms with van der Waals surface area (Å²) in [6, 6.07) is 10.1. The first-order chi connectivity index (χ1) is 11.0. The Kier molecular flexibility index (Phi) is 4.12. The van der Waals surface area contributed by atoms with Crippen LogP contribution in [0.15, 0.2) is 30.3 Å². The number of aryl methyl sites for hydroxylation is 3. The van der Waals surface area contributed by atoms with Gasteiger partial charge in [-0.2, -0.15) is 0 Å². The average molecular weight is 309 g/mol. The number of nitrogens with zero attached hydrogens (tertiary/aromatic N) is 1. The highest BCUT2D eigenvalue weighted by molar-refractivity contribution is 6.08. The molecule has 1 aliphatic rings. The van der Waals surface area contributed by atoms with Crippen LogP contribution in [0.25, 0.3) is 0 Å². The number of fused-ring (bicyclic) bond motifs is 1. The van der Waals surface area contributed by atoms with E-state index >= 15 is 0 Å². The van der Waals surface area contributed by atoms with Crippen LogP contribution in [0.5, 0.6) is 5.75 Å². The minimum Gasteiger partial charge on any atom is -0.495 e. The Morgan fingerprint density at radius 3 is 2.57 bits per heavy atom. The predicted octanol–water partition coefficient (Wildman–Crippen LogP) is 4.21. The van der Waals surface area contributed by atoms with Gasteiger partial charge in [0.15, 0.2) is 0 Å². The summed E-state index contributed by atoms with van der Waals surface area (Å²) in [5, 5.41) is 0. The zero-order valence-corrected chi connectivity index (χ0v) is 14.3. The highest BCUT2D eigenvalue weighted by Crippen LogP contribution is 2.39. The van der Waals surface area contributed by atoms with Gasteiger partial charge in [0.25, 0.3) is 5.91 Å². The van der Waals surface area contributed by atoms with Gasteiger partial charge in [-0.25, -0.2) is 0 Å². The van der Waals surface area contributed by atoms with Crippen molar-refractivity contribution < 1.29 is 9.53 Å². The van der Waals surface area contributed by atoms with Crippen molar-refractivity contribution >= 4 is 11.6 Å². The fourth-order valence-corrected chi connectivity index (χ4v) is 3.33. The van der Waals surface area contributed by atoms with Gasteiger partial charge in [0.1, 0.15) is 5.75 Å². The molecule has 0 N–H and O–H groups in total. The molecule has 3 nitrogen and oxygen atoms in total. The molecule has 0 saturated carbocycles. The summed E-state index contributed by atoms with van der Waals surface area (Å²) < 4.78 is 5.54. The van der Waals surface area contributed by atoms with Gasteiger partial charge >= 0.3 is 0 Å². The Morgan fingerprint density at radius 1 is 1.09 bits per heavy atom. The van der Waals surface area contributed by atoms with Crippen LogP contribution in [-0.4, -0.2) is 19.6 Å². The summed E-state index contributed by atoms with van der Waals surface area (Å²) in [5.74, 6) is 0.847. The molecule has 1 aliphatic heterocycles. The molecule has 3 rings (SSSR count). The molecule has 3 heteroatoms. The number of amides is 1. The Balaban J connectivity index is 2.11. The minimum absolute atomic E-state index is 0.0658. The highest BCUT2D eigenvalue weighted by Gasteiger charge is 2.28. The van der Waals surface area contributed by atoms with Crippen molar-refractivity contribution in [2.24, 2.45) is 0 Å². The van der Waals surface area contributed by atoms with E-state index in [0.29, 0.717) is 0 Å². The maximum absolute atomic E-state index is 13.2. The maximum Gasteiger partial charge on any atom is 0.258 e. The molecule has 2 aromatic carbocycles. The highest BCUT2D eigenvalue weighted by atomic mass is 16.5. The van der Waals surface area contributed by atoms with Crippen LogP contribution < -0.4 is 9.64 Å². The number of methoxy groups -OCH3 is 1. The monoisotopic (exact) mass is 309 g/mol. The zero-order chi connectivity index (χ0) is 16.6. The first-order valence-corrected chi connectivity index (χ1v) is 8.08. The van der Waals surface area contributed by atoms with E-state index in [9.17, 15) is 4.79 Å². The number of carbonyl (C=O) groups is 1. The van der Waals surface area contributed by atoms with Gasteiger partial charge < -0.3 is 9.64 Å². The lowest BCUT2D eigenvalue weighted by Crippen LogP contribution is -2.36. The van der Waals surface area contributed by atoms with Gasteiger partial charge in [-0.15, -0.1) is 0 Å². The molecule has 0 atom stereocenters. The summed E-state index contributed by atoms with van der Waals surface area (Å²) in [7, 11) is 1.67. The van der Waals surface area contributed by atoms with Crippen LogP contribution in [0.4, 0.5) is 5.69 Å². The third-order valence-electron chi connectivity index (χ3n) is 4.65. The van der Waals surface area contributed by atoms with Crippen LogP contribution in [0, 0.1) is 20.8 Å². The second kappa shape index (κ2) is 6.07. The zero-order valence-electron chi connectivity index (χ0n) is 14.3. The number of anilines is 1. The third-order valence-corrected chi connectivity index (χ3v) is 4.65. The molecule has 0 aromatic heterocycles. The third kappa shape index (κ3) is 2.72. The molecular weight excluding hydrogens is 286 g/mol. The Bertz CT molecular complexity index is 764. The van der Waals surface area contributed by atoms with Crippen molar-refractivity contribution in [3.63, 3.8) is 0 Å². The molecule has 1 amide bonds. The molecule has 2 aromatic rings. The number of hydrogen-bond acceptors (Lipinski definition) is 2. The van der Waals surface area contributed by atoms with Crippen molar-refractivity contribution in [3.05, 3.63) is 58.1 Å². The largest absolute Gasteiger partial charge is 0.495 e. The first-order valence-electron chi connectivity index (χ1n) is 8.08. The number of rotatable bonds is 2. The minimum atomic E-state index is 0.0658. The fraction of sp³-hybridized carbons (Fsp3) is 0.350. The molecular formula is C20H23NO2. The Labute approximate surface area is 137 Å². The van der Waals surface area contributed by atoms with E-state index in [1.807, 2.05) is 43.0 Å². The van der Waals surface area contributed by atoms with Gasteiger partial charge in [-0.1, -0.05) is 23.8 Å². The van der Waals surface area contributed by atoms with Crippen molar-refractivity contribution in [1.29, 1.82) is 0 Å². The van der Waals surface area contributed by atoms with Crippen LogP contribution in [0.2, 0.25) is 0 Å². The van der Waals surface area contributed by atoms with Crippen LogP contribution in [0.3, 0.4) is 0 Å². The average Bonchev–Trinajstić information content (AvgIpc) is 2.56. The quantitative estimate of drug-likeness (QED) is 0.831. The SMILES string of the molecule is COc1ccc(C)c2c1N(C(=O)c1cc(C)ccc1C)CCC2. The van der Waals surface area contributed by atoms with E-state index in [1.54, 1.807) is 7.11 Å². The van der Waals surface area contributed by atoms with Crippen molar-refractivity contribution in [2.75, 3.05) is 18.6 Å². The molecule has 0 radical (unpaired) electrons. The summed E-state index contributed by atoms with van der Waals surface area (Å²) in [6.07, 6.45) is 1.98. The lowest BCUT2D eigenvalue weighted by Gasteiger charge is -2.32. The van der Waals surface area contributed by atoms with Gasteiger partial charge in [-0.3, -0.25) is 4.79 Å². The predicted molar refractivity (Wildman–Crippen MR) is 93.6 cm³/mol. The Morgan fingerprint density at radius 2 is 1.83 bits per heavy atom. The lowest BCUT2D eigenvalue weighted by molar-refractivity contribution is 0.0983. The van der Waals surface area contributed by atoms with E-state index in [4.69, 9.17) is 4.74 Å². The summed E-state index contributed by atoms with van der Waals surface area (Å²) >= 11 is 0. The number of hydrogen-bond donors (Lipinski definition) is 0. The standard InChI is InChI=1S/C20H23NO2/c1-13-7-8-15(3)17(12-13)20(22)21-11-5-6-16-14(2)9-10-18(23-4)19(16)21/h7-10,12H,5-6,11H2,1-4H3. The molecule has 0 spiro atoms. The number of carbonyl (C=O) groups excluding carboxylic acids is 1. The topological polar surface area (TPSA) is 29.5 Å². The van der Waals surface area contributed by atoms with Gasteiger partial charge in [0.2, 0.25) is 0 Å². The number of benzene rings is 2. The van der Waals surface area contributed by atoms with E-state index in [0.717, 1.165) is 47.5 Å². The molecule has 23 heavy (non-hydrogen) atoms. The van der Waals surface area contributed by atoms with E-state index in [-0.39, 0.29) is 5.91 Å². The fourth-order valence-electron chi connectivity index (χ4n) is 3.33. The second-order valence-electron chi connectivity index (χ2n) is 6.29. The van der Waals surface area contributed by atoms with Crippen molar-refractivity contribution in [2.45, 2.75) is 33.6 Å². The smallest absolute Gasteiger partial charge is 0.258 e. The van der Waals surface area contributed by atoms with Crippen LogP contribution >= 0.6 is 0 Å². The molecule has 0 saturated heterocycles. The molecule has 0 fully saturated rings. The second-order valence-corrected chi connectivity index (χ2v) is 6.29. The Hall–Kier alpha value is -2.29. The summed E-state index contributed by atoms with van der Waals surface area (Å²) in [6.45, 7) is 6.85. The first kappa shape index (κ1) is 15.6. The van der Waals surface area contributed by atoms with Gasteiger partial charge in [0, 0.05) is 12.1 Å². The van der Waals surface area contributed by atoms with Crippen LogP contribution in [0.1, 0.15) is 39.0 Å². The van der Waals surface area contributed by atoms with E-state index in [2.05, 4.69) is 13.0 Å². The normalized spacial score (nSPS) is 13.7. The van der Waals surface area contributed by atoms with Gasteiger partial charge in [0.05, 0.1) is 12.8 Å². The number of ether oxygens (including phenoxy) is 1.